The van der Waals surface area contributed by atoms with Crippen molar-refractivity contribution in [3.63, 3.8) is 0 Å². The molecule has 0 unspecified atom stereocenters. The van der Waals surface area contributed by atoms with E-state index in [0.29, 0.717) is 0 Å². The van der Waals surface area contributed by atoms with Gasteiger partial charge in [0.05, 0.1) is 17.6 Å². The van der Waals surface area contributed by atoms with Gasteiger partial charge in [0.25, 0.3) is 5.91 Å². The fourth-order valence-corrected chi connectivity index (χ4v) is 2.45. The van der Waals surface area contributed by atoms with Crippen molar-refractivity contribution in [2.75, 3.05) is 6.26 Å². The van der Waals surface area contributed by atoms with Crippen LogP contribution in [0, 0.1) is 0 Å². The summed E-state index contributed by atoms with van der Waals surface area (Å²) >= 11 is 0. The molecule has 1 heterocycles. The third kappa shape index (κ3) is 3.73. The third-order valence-electron chi connectivity index (χ3n) is 2.99. The van der Waals surface area contributed by atoms with Crippen LogP contribution in [0.15, 0.2) is 36.4 Å². The normalized spacial score (nSPS) is 12.2. The lowest BCUT2D eigenvalue weighted by molar-refractivity contribution is 0.0976. The maximum absolute atomic E-state index is 12.0. The molecule has 2 aromatic rings. The van der Waals surface area contributed by atoms with Crippen LogP contribution in [-0.2, 0) is 15.4 Å². The molecule has 1 aromatic carbocycles. The van der Waals surface area contributed by atoms with Crippen LogP contribution in [0.3, 0.4) is 0 Å². The van der Waals surface area contributed by atoms with Crippen LogP contribution in [0.4, 0.5) is 0 Å². The highest BCUT2D eigenvalue weighted by Gasteiger charge is 2.25. The molecule has 0 aliphatic carbocycles. The standard InChI is InChI=1S/C15H19N3O3S/c1-15(2,3)13-10-12(14(19)17-22(4,20)21)16-18(13)11-8-6-5-7-9-11/h5-10H,1-4H3,(H,17,19). The molecule has 0 aliphatic rings. The second-order valence-electron chi connectivity index (χ2n) is 6.12. The first kappa shape index (κ1) is 16.2. The van der Waals surface area contributed by atoms with Gasteiger partial charge in [0.15, 0.2) is 5.69 Å². The Morgan fingerprint density at radius 3 is 2.27 bits per heavy atom. The number of hydrogen-bond donors (Lipinski definition) is 1. The fraction of sp³-hybridized carbons (Fsp3) is 0.333. The Morgan fingerprint density at radius 1 is 1.18 bits per heavy atom. The summed E-state index contributed by atoms with van der Waals surface area (Å²) in [5, 5.41) is 4.27. The smallest absolute Gasteiger partial charge is 0.266 e. The highest BCUT2D eigenvalue weighted by atomic mass is 32.2. The lowest BCUT2D eigenvalue weighted by Crippen LogP contribution is -2.29. The van der Waals surface area contributed by atoms with Crippen LogP contribution in [0.25, 0.3) is 5.69 Å². The lowest BCUT2D eigenvalue weighted by Gasteiger charge is -2.20. The van der Waals surface area contributed by atoms with Gasteiger partial charge < -0.3 is 0 Å². The second kappa shape index (κ2) is 5.57. The summed E-state index contributed by atoms with van der Waals surface area (Å²) in [4.78, 5) is 12.0. The summed E-state index contributed by atoms with van der Waals surface area (Å²) in [6.45, 7) is 6.01. The number of benzene rings is 1. The van der Waals surface area contributed by atoms with Crippen molar-refractivity contribution in [1.29, 1.82) is 0 Å². The average molecular weight is 321 g/mol. The third-order valence-corrected chi connectivity index (χ3v) is 3.55. The van der Waals surface area contributed by atoms with Crippen molar-refractivity contribution in [3.8, 4) is 5.69 Å². The van der Waals surface area contributed by atoms with Crippen molar-refractivity contribution in [3.05, 3.63) is 47.8 Å². The van der Waals surface area contributed by atoms with E-state index in [-0.39, 0.29) is 11.1 Å². The van der Waals surface area contributed by atoms with E-state index in [4.69, 9.17) is 0 Å². The molecule has 0 saturated carbocycles. The summed E-state index contributed by atoms with van der Waals surface area (Å²) in [5.41, 5.74) is 1.44. The van der Waals surface area contributed by atoms with Crippen LogP contribution in [0.2, 0.25) is 0 Å². The van der Waals surface area contributed by atoms with E-state index < -0.39 is 15.9 Å². The SMILES string of the molecule is CC(C)(C)c1cc(C(=O)NS(C)(=O)=O)nn1-c1ccccc1. The van der Waals surface area contributed by atoms with Gasteiger partial charge in [-0.05, 0) is 18.2 Å². The van der Waals surface area contributed by atoms with E-state index in [1.165, 1.54) is 0 Å². The molecule has 0 radical (unpaired) electrons. The highest BCUT2D eigenvalue weighted by Crippen LogP contribution is 2.25. The number of amides is 1. The van der Waals surface area contributed by atoms with Gasteiger partial charge in [0, 0.05) is 5.41 Å². The number of carbonyl (C=O) groups is 1. The van der Waals surface area contributed by atoms with Crippen molar-refractivity contribution >= 4 is 15.9 Å². The van der Waals surface area contributed by atoms with Crippen molar-refractivity contribution < 1.29 is 13.2 Å². The number of aromatic nitrogens is 2. The molecule has 0 spiro atoms. The molecule has 6 nitrogen and oxygen atoms in total. The molecular formula is C15H19N3O3S. The fourth-order valence-electron chi connectivity index (χ4n) is 2.01. The van der Waals surface area contributed by atoms with Gasteiger partial charge >= 0.3 is 0 Å². The first-order chi connectivity index (χ1) is 10.1. The largest absolute Gasteiger partial charge is 0.285 e. The molecule has 118 valence electrons. The molecule has 0 fully saturated rings. The first-order valence-electron chi connectivity index (χ1n) is 6.76. The zero-order valence-corrected chi connectivity index (χ0v) is 13.8. The van der Waals surface area contributed by atoms with E-state index in [2.05, 4.69) is 5.10 Å². The average Bonchev–Trinajstić information content (AvgIpc) is 2.82. The Hall–Kier alpha value is -2.15. The van der Waals surface area contributed by atoms with Gasteiger partial charge in [-0.1, -0.05) is 39.0 Å². The maximum atomic E-state index is 12.0. The summed E-state index contributed by atoms with van der Waals surface area (Å²) in [6, 6.07) is 11.0. The molecule has 1 aromatic heterocycles. The van der Waals surface area contributed by atoms with Gasteiger partial charge in [0.1, 0.15) is 0 Å². The first-order valence-corrected chi connectivity index (χ1v) is 8.65. The van der Waals surface area contributed by atoms with Crippen LogP contribution in [0.5, 0.6) is 0 Å². The molecule has 22 heavy (non-hydrogen) atoms. The summed E-state index contributed by atoms with van der Waals surface area (Å²) in [7, 11) is -3.62. The maximum Gasteiger partial charge on any atom is 0.285 e. The zero-order chi connectivity index (χ0) is 16.5. The summed E-state index contributed by atoms with van der Waals surface area (Å²) in [6.07, 6.45) is 0.934. The van der Waals surface area contributed by atoms with E-state index in [1.54, 1.807) is 10.7 Å². The number of hydrogen-bond acceptors (Lipinski definition) is 4. The Labute approximate surface area is 130 Å². The lowest BCUT2D eigenvalue weighted by atomic mass is 9.91. The second-order valence-corrected chi connectivity index (χ2v) is 7.86. The van der Waals surface area contributed by atoms with E-state index >= 15 is 0 Å². The summed E-state index contributed by atoms with van der Waals surface area (Å²) in [5.74, 6) is -0.734. The minimum Gasteiger partial charge on any atom is -0.266 e. The molecule has 1 amide bonds. The molecule has 7 heteroatoms. The molecular weight excluding hydrogens is 302 g/mol. The van der Waals surface area contributed by atoms with Gasteiger partial charge in [0.2, 0.25) is 10.0 Å². The van der Waals surface area contributed by atoms with Crippen LogP contribution in [-0.4, -0.2) is 30.4 Å². The number of para-hydroxylation sites is 1. The van der Waals surface area contributed by atoms with E-state index in [0.717, 1.165) is 17.6 Å². The quantitative estimate of drug-likeness (QED) is 0.935. The molecule has 0 saturated heterocycles. The summed E-state index contributed by atoms with van der Waals surface area (Å²) < 4.78 is 26.0. The van der Waals surface area contributed by atoms with Crippen molar-refractivity contribution in [2.24, 2.45) is 0 Å². The molecule has 0 aliphatic heterocycles. The Balaban J connectivity index is 2.52. The topological polar surface area (TPSA) is 81.1 Å². The van der Waals surface area contributed by atoms with Gasteiger partial charge in [-0.15, -0.1) is 0 Å². The number of nitrogens with zero attached hydrogens (tertiary/aromatic N) is 2. The Bertz CT molecular complexity index is 787. The Kier molecular flexibility index (Phi) is 4.10. The van der Waals surface area contributed by atoms with Crippen LogP contribution < -0.4 is 4.72 Å². The van der Waals surface area contributed by atoms with Crippen LogP contribution in [0.1, 0.15) is 37.0 Å². The van der Waals surface area contributed by atoms with Crippen molar-refractivity contribution in [1.82, 2.24) is 14.5 Å². The van der Waals surface area contributed by atoms with Gasteiger partial charge in [-0.3, -0.25) is 4.79 Å². The number of carbonyl (C=O) groups excluding carboxylic acids is 1. The van der Waals surface area contributed by atoms with Crippen molar-refractivity contribution in [2.45, 2.75) is 26.2 Å². The monoisotopic (exact) mass is 321 g/mol. The number of nitrogens with one attached hydrogen (secondary N) is 1. The zero-order valence-electron chi connectivity index (χ0n) is 13.0. The predicted molar refractivity (Wildman–Crippen MR) is 84.6 cm³/mol. The minimum absolute atomic E-state index is 0.0687. The molecule has 0 bridgehead atoms. The highest BCUT2D eigenvalue weighted by molar-refractivity contribution is 7.89. The van der Waals surface area contributed by atoms with E-state index in [1.807, 2.05) is 55.8 Å². The minimum atomic E-state index is -3.62. The predicted octanol–water partition coefficient (Wildman–Crippen LogP) is 1.86. The van der Waals surface area contributed by atoms with Gasteiger partial charge in [-0.2, -0.15) is 5.10 Å². The Morgan fingerprint density at radius 2 is 1.77 bits per heavy atom. The molecule has 0 atom stereocenters. The van der Waals surface area contributed by atoms with Crippen LogP contribution >= 0.6 is 0 Å². The van der Waals surface area contributed by atoms with E-state index in [9.17, 15) is 13.2 Å². The molecule has 1 N–H and O–H groups in total. The number of rotatable bonds is 3. The molecule has 2 rings (SSSR count). The number of sulfonamides is 1. The van der Waals surface area contributed by atoms with Gasteiger partial charge in [-0.25, -0.2) is 17.8 Å².